The summed E-state index contributed by atoms with van der Waals surface area (Å²) in [7, 11) is 0. The lowest BCUT2D eigenvalue weighted by molar-refractivity contribution is 0.689. The fourth-order valence-electron chi connectivity index (χ4n) is 0.954. The number of hydrogen-bond acceptors (Lipinski definition) is 1. The van der Waals surface area contributed by atoms with Crippen LogP contribution in [0.2, 0.25) is 10.0 Å². The molecule has 1 rings (SSSR count). The van der Waals surface area contributed by atoms with Gasteiger partial charge in [-0.15, -0.1) is 0 Å². The molecule has 3 heteroatoms. The third-order valence-electron chi connectivity index (χ3n) is 1.65. The molecule has 0 saturated carbocycles. The lowest BCUT2D eigenvalue weighted by atomic mass is 10.2. The molecular formula is C10H13Cl2N. The Morgan fingerprint density at radius 3 is 2.62 bits per heavy atom. The van der Waals surface area contributed by atoms with Crippen LogP contribution in [0.5, 0.6) is 0 Å². The van der Waals surface area contributed by atoms with Crippen LogP contribution in [0.3, 0.4) is 0 Å². The molecule has 0 atom stereocenters. The van der Waals surface area contributed by atoms with Crippen molar-refractivity contribution in [3.8, 4) is 0 Å². The van der Waals surface area contributed by atoms with Crippen LogP contribution in [0.15, 0.2) is 18.2 Å². The van der Waals surface area contributed by atoms with Crippen molar-refractivity contribution in [1.82, 2.24) is 0 Å². The molecule has 0 radical (unpaired) electrons. The molecule has 13 heavy (non-hydrogen) atoms. The van der Waals surface area contributed by atoms with Crippen molar-refractivity contribution in [3.63, 3.8) is 0 Å². The summed E-state index contributed by atoms with van der Waals surface area (Å²) < 4.78 is 0. The third kappa shape index (κ3) is 3.09. The second kappa shape index (κ2) is 4.73. The molecule has 0 heterocycles. The van der Waals surface area contributed by atoms with Crippen molar-refractivity contribution >= 4 is 28.9 Å². The van der Waals surface area contributed by atoms with Gasteiger partial charge in [-0.25, -0.2) is 0 Å². The van der Waals surface area contributed by atoms with E-state index < -0.39 is 0 Å². The molecule has 0 saturated heterocycles. The molecule has 1 nitrogen and oxygen atoms in total. The van der Waals surface area contributed by atoms with Gasteiger partial charge >= 0.3 is 0 Å². The summed E-state index contributed by atoms with van der Waals surface area (Å²) >= 11 is 11.8. The first-order valence-corrected chi connectivity index (χ1v) is 5.04. The molecule has 0 fully saturated rings. The normalized spacial score (nSPS) is 10.5. The molecular weight excluding hydrogens is 205 g/mol. The SMILES string of the molecule is CC(C)CNc1cccc(Cl)c1Cl. The van der Waals surface area contributed by atoms with E-state index in [1.807, 2.05) is 12.1 Å². The first-order valence-electron chi connectivity index (χ1n) is 4.29. The minimum Gasteiger partial charge on any atom is -0.384 e. The van der Waals surface area contributed by atoms with E-state index in [1.165, 1.54) is 0 Å². The Hall–Kier alpha value is -0.400. The van der Waals surface area contributed by atoms with Gasteiger partial charge in [0.1, 0.15) is 0 Å². The maximum atomic E-state index is 5.98. The quantitative estimate of drug-likeness (QED) is 0.806. The third-order valence-corrected chi connectivity index (χ3v) is 2.47. The standard InChI is InChI=1S/C10H13Cl2N/c1-7(2)6-13-9-5-3-4-8(11)10(9)12/h3-5,7,13H,6H2,1-2H3. The molecule has 0 bridgehead atoms. The zero-order valence-corrected chi connectivity index (χ0v) is 9.28. The molecule has 1 aromatic carbocycles. The number of benzene rings is 1. The van der Waals surface area contributed by atoms with Gasteiger partial charge in [-0.05, 0) is 18.1 Å². The largest absolute Gasteiger partial charge is 0.384 e. The molecule has 0 aliphatic heterocycles. The fourth-order valence-corrected chi connectivity index (χ4v) is 1.32. The van der Waals surface area contributed by atoms with Crippen molar-refractivity contribution in [1.29, 1.82) is 0 Å². The van der Waals surface area contributed by atoms with Crippen LogP contribution in [0.25, 0.3) is 0 Å². The van der Waals surface area contributed by atoms with E-state index in [0.29, 0.717) is 16.0 Å². The van der Waals surface area contributed by atoms with E-state index in [0.717, 1.165) is 12.2 Å². The zero-order valence-electron chi connectivity index (χ0n) is 7.77. The monoisotopic (exact) mass is 217 g/mol. The van der Waals surface area contributed by atoms with Crippen LogP contribution in [0, 0.1) is 5.92 Å². The molecule has 0 aliphatic carbocycles. The van der Waals surface area contributed by atoms with Gasteiger partial charge in [0, 0.05) is 6.54 Å². The number of halogens is 2. The summed E-state index contributed by atoms with van der Waals surface area (Å²) in [5.74, 6) is 0.593. The van der Waals surface area contributed by atoms with Gasteiger partial charge in [0.2, 0.25) is 0 Å². The summed E-state index contributed by atoms with van der Waals surface area (Å²) in [5, 5.41) is 4.43. The Labute approximate surface area is 89.0 Å². The summed E-state index contributed by atoms with van der Waals surface area (Å²) in [6, 6.07) is 5.60. The molecule has 1 N–H and O–H groups in total. The molecule has 0 aromatic heterocycles. The number of nitrogens with one attached hydrogen (secondary N) is 1. The topological polar surface area (TPSA) is 12.0 Å². The van der Waals surface area contributed by atoms with E-state index in [-0.39, 0.29) is 0 Å². The highest BCUT2D eigenvalue weighted by Crippen LogP contribution is 2.29. The van der Waals surface area contributed by atoms with Gasteiger partial charge in [0.25, 0.3) is 0 Å². The Kier molecular flexibility index (Phi) is 3.89. The van der Waals surface area contributed by atoms with Gasteiger partial charge in [-0.1, -0.05) is 43.1 Å². The van der Waals surface area contributed by atoms with E-state index in [4.69, 9.17) is 23.2 Å². The van der Waals surface area contributed by atoms with Crippen LogP contribution in [0.1, 0.15) is 13.8 Å². The van der Waals surface area contributed by atoms with Gasteiger partial charge in [-0.3, -0.25) is 0 Å². The van der Waals surface area contributed by atoms with E-state index >= 15 is 0 Å². The smallest absolute Gasteiger partial charge is 0.0823 e. The molecule has 1 aromatic rings. The van der Waals surface area contributed by atoms with Crippen molar-refractivity contribution in [3.05, 3.63) is 28.2 Å². The van der Waals surface area contributed by atoms with E-state index in [9.17, 15) is 0 Å². The Morgan fingerprint density at radius 2 is 2.00 bits per heavy atom. The Bertz CT molecular complexity index is 284. The molecule has 0 unspecified atom stereocenters. The highest BCUT2D eigenvalue weighted by molar-refractivity contribution is 6.43. The van der Waals surface area contributed by atoms with E-state index in [2.05, 4.69) is 19.2 Å². The molecule has 0 spiro atoms. The minimum absolute atomic E-state index is 0.593. The molecule has 0 aliphatic rings. The van der Waals surface area contributed by atoms with Crippen LogP contribution < -0.4 is 5.32 Å². The second-order valence-electron chi connectivity index (χ2n) is 3.38. The molecule has 72 valence electrons. The van der Waals surface area contributed by atoms with Gasteiger partial charge in [0.15, 0.2) is 0 Å². The molecule has 0 amide bonds. The van der Waals surface area contributed by atoms with Crippen LogP contribution in [-0.4, -0.2) is 6.54 Å². The maximum absolute atomic E-state index is 5.98. The summed E-state index contributed by atoms with van der Waals surface area (Å²) in [4.78, 5) is 0. The van der Waals surface area contributed by atoms with E-state index in [1.54, 1.807) is 6.07 Å². The van der Waals surface area contributed by atoms with Gasteiger partial charge < -0.3 is 5.32 Å². The van der Waals surface area contributed by atoms with Gasteiger partial charge in [-0.2, -0.15) is 0 Å². The van der Waals surface area contributed by atoms with Crippen molar-refractivity contribution < 1.29 is 0 Å². The number of hydrogen-bond donors (Lipinski definition) is 1. The maximum Gasteiger partial charge on any atom is 0.0823 e. The lowest BCUT2D eigenvalue weighted by Crippen LogP contribution is -2.08. The predicted molar refractivity (Wildman–Crippen MR) is 59.8 cm³/mol. The zero-order chi connectivity index (χ0) is 9.84. The Morgan fingerprint density at radius 1 is 1.31 bits per heavy atom. The first kappa shape index (κ1) is 10.7. The summed E-state index contributed by atoms with van der Waals surface area (Å²) in [6.07, 6.45) is 0. The Balaban J connectivity index is 2.71. The van der Waals surface area contributed by atoms with Crippen molar-refractivity contribution in [2.24, 2.45) is 5.92 Å². The first-order chi connectivity index (χ1) is 6.11. The highest BCUT2D eigenvalue weighted by Gasteiger charge is 2.03. The summed E-state index contributed by atoms with van der Waals surface area (Å²) in [6.45, 7) is 5.19. The minimum atomic E-state index is 0.593. The average molecular weight is 218 g/mol. The van der Waals surface area contributed by atoms with Crippen LogP contribution >= 0.6 is 23.2 Å². The highest BCUT2D eigenvalue weighted by atomic mass is 35.5. The van der Waals surface area contributed by atoms with Crippen LogP contribution in [0.4, 0.5) is 5.69 Å². The van der Waals surface area contributed by atoms with Crippen molar-refractivity contribution in [2.75, 3.05) is 11.9 Å². The van der Waals surface area contributed by atoms with Crippen molar-refractivity contribution in [2.45, 2.75) is 13.8 Å². The second-order valence-corrected chi connectivity index (χ2v) is 4.16. The summed E-state index contributed by atoms with van der Waals surface area (Å²) in [5.41, 5.74) is 0.905. The predicted octanol–water partition coefficient (Wildman–Crippen LogP) is 4.06. The number of anilines is 1. The lowest BCUT2D eigenvalue weighted by Gasteiger charge is -2.10. The average Bonchev–Trinajstić information content (AvgIpc) is 2.07. The fraction of sp³-hybridized carbons (Fsp3) is 0.400. The number of rotatable bonds is 3. The van der Waals surface area contributed by atoms with Crippen LogP contribution in [-0.2, 0) is 0 Å². The van der Waals surface area contributed by atoms with Gasteiger partial charge in [0.05, 0.1) is 15.7 Å².